The molecule has 0 amide bonds. The summed E-state index contributed by atoms with van der Waals surface area (Å²) in [5.74, 6) is -0.413. The van der Waals surface area contributed by atoms with Gasteiger partial charge in [0.05, 0.1) is 5.92 Å². The average Bonchev–Trinajstić information content (AvgIpc) is 1.96. The Kier molecular flexibility index (Phi) is 5.43. The van der Waals surface area contributed by atoms with Gasteiger partial charge in [-0.3, -0.25) is 4.79 Å². The van der Waals surface area contributed by atoms with Crippen LogP contribution in [0, 0.1) is 11.8 Å². The molecule has 0 saturated carbocycles. The Morgan fingerprint density at radius 3 is 2.50 bits per heavy atom. The summed E-state index contributed by atoms with van der Waals surface area (Å²) in [7, 11) is 0. The van der Waals surface area contributed by atoms with E-state index in [0.29, 0.717) is 5.92 Å². The van der Waals surface area contributed by atoms with Crippen LogP contribution in [0.1, 0.15) is 33.1 Å². The van der Waals surface area contributed by atoms with Crippen LogP contribution >= 0.6 is 0 Å². The zero-order chi connectivity index (χ0) is 9.56. The van der Waals surface area contributed by atoms with Gasteiger partial charge in [0, 0.05) is 0 Å². The molecular formula is C10H18O2. The largest absolute Gasteiger partial charge is 0.481 e. The number of carbonyl (C=O) groups is 1. The van der Waals surface area contributed by atoms with Crippen LogP contribution in [0.4, 0.5) is 0 Å². The maximum Gasteiger partial charge on any atom is 0.306 e. The fourth-order valence-electron chi connectivity index (χ4n) is 1.23. The first-order chi connectivity index (χ1) is 5.57. The highest BCUT2D eigenvalue weighted by Crippen LogP contribution is 2.17. The maximum atomic E-state index is 10.7. The minimum Gasteiger partial charge on any atom is -0.481 e. The van der Waals surface area contributed by atoms with Gasteiger partial charge in [-0.15, -0.1) is 6.58 Å². The molecule has 1 atom stereocenters. The first kappa shape index (κ1) is 11.2. The van der Waals surface area contributed by atoms with Gasteiger partial charge >= 0.3 is 5.97 Å². The summed E-state index contributed by atoms with van der Waals surface area (Å²) in [5, 5.41) is 8.81. The van der Waals surface area contributed by atoms with Crippen molar-refractivity contribution in [1.29, 1.82) is 0 Å². The standard InChI is InChI=1S/C10H18O2/c1-4-5-6-9(10(11)12)7-8(2)3/h4,8-9H,1,5-7H2,2-3H3,(H,11,12). The average molecular weight is 170 g/mol. The molecule has 0 aliphatic carbocycles. The highest BCUT2D eigenvalue weighted by atomic mass is 16.4. The molecule has 0 fully saturated rings. The van der Waals surface area contributed by atoms with Crippen molar-refractivity contribution in [2.24, 2.45) is 11.8 Å². The van der Waals surface area contributed by atoms with Crippen molar-refractivity contribution in [2.45, 2.75) is 33.1 Å². The van der Waals surface area contributed by atoms with Crippen molar-refractivity contribution in [3.8, 4) is 0 Å². The molecule has 12 heavy (non-hydrogen) atoms. The lowest BCUT2D eigenvalue weighted by Crippen LogP contribution is -2.15. The quantitative estimate of drug-likeness (QED) is 0.622. The van der Waals surface area contributed by atoms with Gasteiger partial charge in [-0.05, 0) is 25.2 Å². The fourth-order valence-corrected chi connectivity index (χ4v) is 1.23. The van der Waals surface area contributed by atoms with E-state index < -0.39 is 5.97 Å². The number of hydrogen-bond acceptors (Lipinski definition) is 1. The lowest BCUT2D eigenvalue weighted by molar-refractivity contribution is -0.142. The Balaban J connectivity index is 3.86. The molecule has 0 heterocycles. The molecule has 70 valence electrons. The van der Waals surface area contributed by atoms with Gasteiger partial charge in [0.1, 0.15) is 0 Å². The highest BCUT2D eigenvalue weighted by Gasteiger charge is 2.17. The molecule has 0 aliphatic heterocycles. The van der Waals surface area contributed by atoms with Crippen molar-refractivity contribution in [3.05, 3.63) is 12.7 Å². The maximum absolute atomic E-state index is 10.7. The van der Waals surface area contributed by atoms with Crippen molar-refractivity contribution in [3.63, 3.8) is 0 Å². The molecule has 2 nitrogen and oxygen atoms in total. The van der Waals surface area contributed by atoms with Crippen molar-refractivity contribution in [2.75, 3.05) is 0 Å². The molecule has 0 aromatic heterocycles. The van der Waals surface area contributed by atoms with Crippen molar-refractivity contribution >= 4 is 5.97 Å². The Bertz CT molecular complexity index is 150. The van der Waals surface area contributed by atoms with Crippen LogP contribution in [0.5, 0.6) is 0 Å². The summed E-state index contributed by atoms with van der Waals surface area (Å²) >= 11 is 0. The van der Waals surface area contributed by atoms with Gasteiger partial charge in [-0.1, -0.05) is 19.9 Å². The summed E-state index contributed by atoms with van der Waals surface area (Å²) in [6.45, 7) is 7.67. The van der Waals surface area contributed by atoms with Crippen molar-refractivity contribution < 1.29 is 9.90 Å². The summed E-state index contributed by atoms with van der Waals surface area (Å²) in [4.78, 5) is 10.7. The Morgan fingerprint density at radius 1 is 1.58 bits per heavy atom. The number of carboxylic acids is 1. The van der Waals surface area contributed by atoms with Crippen LogP contribution < -0.4 is 0 Å². The molecule has 0 rings (SSSR count). The van der Waals surface area contributed by atoms with Crippen molar-refractivity contribution in [1.82, 2.24) is 0 Å². The lowest BCUT2D eigenvalue weighted by atomic mass is 9.93. The normalized spacial score (nSPS) is 12.9. The lowest BCUT2D eigenvalue weighted by Gasteiger charge is -2.12. The third-order valence-corrected chi connectivity index (χ3v) is 1.82. The molecule has 0 saturated heterocycles. The number of rotatable bonds is 6. The SMILES string of the molecule is C=CCCC(CC(C)C)C(=O)O. The minimum atomic E-state index is -0.675. The van der Waals surface area contributed by atoms with Crippen LogP contribution in [0.3, 0.4) is 0 Å². The first-order valence-corrected chi connectivity index (χ1v) is 4.41. The molecule has 0 bridgehead atoms. The van der Waals surface area contributed by atoms with Crippen LogP contribution in [-0.2, 0) is 4.79 Å². The number of carboxylic acid groups (broad SMARTS) is 1. The zero-order valence-electron chi connectivity index (χ0n) is 7.92. The van der Waals surface area contributed by atoms with E-state index in [-0.39, 0.29) is 5.92 Å². The molecule has 0 aliphatic rings. The highest BCUT2D eigenvalue weighted by molar-refractivity contribution is 5.69. The van der Waals surface area contributed by atoms with E-state index >= 15 is 0 Å². The van der Waals surface area contributed by atoms with Crippen LogP contribution in [0.2, 0.25) is 0 Å². The van der Waals surface area contributed by atoms with E-state index in [1.807, 2.05) is 13.8 Å². The van der Waals surface area contributed by atoms with Crippen LogP contribution in [-0.4, -0.2) is 11.1 Å². The predicted molar refractivity (Wildman–Crippen MR) is 50.0 cm³/mol. The monoisotopic (exact) mass is 170 g/mol. The van der Waals surface area contributed by atoms with Gasteiger partial charge < -0.3 is 5.11 Å². The second kappa shape index (κ2) is 5.81. The summed E-state index contributed by atoms with van der Waals surface area (Å²) in [6, 6.07) is 0. The van der Waals surface area contributed by atoms with E-state index in [4.69, 9.17) is 5.11 Å². The zero-order valence-corrected chi connectivity index (χ0v) is 7.92. The Morgan fingerprint density at radius 2 is 2.17 bits per heavy atom. The molecule has 0 spiro atoms. The smallest absolute Gasteiger partial charge is 0.306 e. The van der Waals surface area contributed by atoms with Gasteiger partial charge in [0.2, 0.25) is 0 Å². The van der Waals surface area contributed by atoms with Crippen LogP contribution in [0.25, 0.3) is 0 Å². The summed E-state index contributed by atoms with van der Waals surface area (Å²) in [5.41, 5.74) is 0. The van der Waals surface area contributed by atoms with E-state index in [1.54, 1.807) is 6.08 Å². The van der Waals surface area contributed by atoms with E-state index in [1.165, 1.54) is 0 Å². The van der Waals surface area contributed by atoms with E-state index in [9.17, 15) is 4.79 Å². The number of hydrogen-bond donors (Lipinski definition) is 1. The predicted octanol–water partition coefficient (Wildman–Crippen LogP) is 2.70. The molecule has 1 N–H and O–H groups in total. The molecule has 2 heteroatoms. The molecule has 1 unspecified atom stereocenters. The number of allylic oxidation sites excluding steroid dienone is 1. The fraction of sp³-hybridized carbons (Fsp3) is 0.700. The van der Waals surface area contributed by atoms with Gasteiger partial charge in [-0.25, -0.2) is 0 Å². The Hall–Kier alpha value is -0.790. The number of aliphatic carboxylic acids is 1. The van der Waals surface area contributed by atoms with Crippen LogP contribution in [0.15, 0.2) is 12.7 Å². The van der Waals surface area contributed by atoms with Gasteiger partial charge in [0.25, 0.3) is 0 Å². The molecular weight excluding hydrogens is 152 g/mol. The Labute approximate surface area is 74.3 Å². The minimum absolute atomic E-state index is 0.192. The van der Waals surface area contributed by atoms with E-state index in [0.717, 1.165) is 19.3 Å². The summed E-state index contributed by atoms with van der Waals surface area (Å²) < 4.78 is 0. The first-order valence-electron chi connectivity index (χ1n) is 4.41. The topological polar surface area (TPSA) is 37.3 Å². The third kappa shape index (κ3) is 4.94. The molecule has 0 aromatic carbocycles. The van der Waals surface area contributed by atoms with E-state index in [2.05, 4.69) is 6.58 Å². The molecule has 0 radical (unpaired) electrons. The molecule has 0 aromatic rings. The summed E-state index contributed by atoms with van der Waals surface area (Å²) in [6.07, 6.45) is 4.06. The third-order valence-electron chi connectivity index (χ3n) is 1.82. The van der Waals surface area contributed by atoms with Gasteiger partial charge in [0.15, 0.2) is 0 Å². The second-order valence-corrected chi connectivity index (χ2v) is 3.53. The van der Waals surface area contributed by atoms with Gasteiger partial charge in [-0.2, -0.15) is 0 Å². The second-order valence-electron chi connectivity index (χ2n) is 3.53.